The Balaban J connectivity index is 1.80. The molecular formula is C18H20N2O2. The molecule has 1 amide bonds. The quantitative estimate of drug-likeness (QED) is 0.944. The molecule has 1 heterocycles. The highest BCUT2D eigenvalue weighted by Gasteiger charge is 2.21. The van der Waals surface area contributed by atoms with E-state index in [1.54, 1.807) is 16.8 Å². The van der Waals surface area contributed by atoms with Crippen LogP contribution in [-0.2, 0) is 4.79 Å². The highest BCUT2D eigenvalue weighted by molar-refractivity contribution is 5.92. The van der Waals surface area contributed by atoms with Crippen molar-refractivity contribution in [1.29, 1.82) is 0 Å². The number of aromatic nitrogens is 1. The number of pyridine rings is 1. The summed E-state index contributed by atoms with van der Waals surface area (Å²) >= 11 is 0. The van der Waals surface area contributed by atoms with Crippen LogP contribution < -0.4 is 10.9 Å². The van der Waals surface area contributed by atoms with Crippen LogP contribution >= 0.6 is 0 Å². The first-order valence-corrected chi connectivity index (χ1v) is 7.83. The number of nitrogens with one attached hydrogen (secondary N) is 1. The number of hydrogen-bond donors (Lipinski definition) is 1. The summed E-state index contributed by atoms with van der Waals surface area (Å²) in [6.07, 6.45) is 7.10. The van der Waals surface area contributed by atoms with Gasteiger partial charge in [-0.1, -0.05) is 37.5 Å². The molecule has 0 bridgehead atoms. The zero-order valence-electron chi connectivity index (χ0n) is 12.5. The molecule has 22 heavy (non-hydrogen) atoms. The molecule has 0 atom stereocenters. The third-order valence-corrected chi connectivity index (χ3v) is 4.19. The minimum atomic E-state index is -0.109. The second-order valence-electron chi connectivity index (χ2n) is 5.79. The topological polar surface area (TPSA) is 51.1 Å². The molecule has 4 nitrogen and oxygen atoms in total. The van der Waals surface area contributed by atoms with Gasteiger partial charge in [0.25, 0.3) is 5.56 Å². The van der Waals surface area contributed by atoms with Crippen LogP contribution in [-0.4, -0.2) is 10.5 Å². The van der Waals surface area contributed by atoms with Gasteiger partial charge in [0.2, 0.25) is 5.91 Å². The molecule has 1 aromatic heterocycles. The first-order chi connectivity index (χ1) is 10.7. The van der Waals surface area contributed by atoms with Gasteiger partial charge in [-0.2, -0.15) is 0 Å². The molecule has 1 aliphatic rings. The van der Waals surface area contributed by atoms with E-state index in [0.29, 0.717) is 5.69 Å². The van der Waals surface area contributed by atoms with E-state index < -0.39 is 0 Å². The summed E-state index contributed by atoms with van der Waals surface area (Å²) in [4.78, 5) is 24.3. The normalized spacial score (nSPS) is 15.5. The molecule has 0 radical (unpaired) electrons. The summed E-state index contributed by atoms with van der Waals surface area (Å²) < 4.78 is 1.55. The van der Waals surface area contributed by atoms with Crippen LogP contribution in [0, 0.1) is 5.92 Å². The molecule has 114 valence electrons. The van der Waals surface area contributed by atoms with E-state index in [-0.39, 0.29) is 17.4 Å². The maximum Gasteiger partial charge on any atom is 0.255 e. The number of hydrogen-bond acceptors (Lipinski definition) is 2. The van der Waals surface area contributed by atoms with Crippen LogP contribution in [0.1, 0.15) is 32.1 Å². The van der Waals surface area contributed by atoms with E-state index >= 15 is 0 Å². The Morgan fingerprint density at radius 3 is 2.45 bits per heavy atom. The number of benzene rings is 1. The van der Waals surface area contributed by atoms with E-state index in [1.807, 2.05) is 30.3 Å². The van der Waals surface area contributed by atoms with Crippen LogP contribution in [0.5, 0.6) is 0 Å². The molecule has 4 heteroatoms. The highest BCUT2D eigenvalue weighted by Crippen LogP contribution is 2.24. The molecule has 0 unspecified atom stereocenters. The second kappa shape index (κ2) is 6.60. The predicted octanol–water partition coefficient (Wildman–Crippen LogP) is 3.36. The van der Waals surface area contributed by atoms with Crippen molar-refractivity contribution >= 4 is 11.6 Å². The Bertz CT molecular complexity index is 701. The fraction of sp³-hybridized carbons (Fsp3) is 0.333. The van der Waals surface area contributed by atoms with Crippen LogP contribution in [0.2, 0.25) is 0 Å². The fourth-order valence-electron chi connectivity index (χ4n) is 2.96. The van der Waals surface area contributed by atoms with Crippen molar-refractivity contribution in [2.45, 2.75) is 32.1 Å². The molecule has 1 aliphatic carbocycles. The second-order valence-corrected chi connectivity index (χ2v) is 5.79. The lowest BCUT2D eigenvalue weighted by Crippen LogP contribution is -2.26. The average Bonchev–Trinajstić information content (AvgIpc) is 2.58. The predicted molar refractivity (Wildman–Crippen MR) is 87.2 cm³/mol. The smallest absolute Gasteiger partial charge is 0.255 e. The number of carbonyl (C=O) groups excluding carboxylic acids is 1. The number of para-hydroxylation sites is 1. The van der Waals surface area contributed by atoms with Gasteiger partial charge in [-0.05, 0) is 31.0 Å². The van der Waals surface area contributed by atoms with E-state index in [1.165, 1.54) is 12.5 Å². The standard InChI is InChI=1S/C18H20N2O2/c21-17-12-11-15(13-20(17)16-9-5-2-6-10-16)19-18(22)14-7-3-1-4-8-14/h2,5-6,9-14H,1,3-4,7-8H2,(H,19,22). The van der Waals surface area contributed by atoms with Crippen molar-refractivity contribution in [1.82, 2.24) is 4.57 Å². The molecule has 2 aromatic rings. The molecule has 0 spiro atoms. The van der Waals surface area contributed by atoms with Gasteiger partial charge in [0.05, 0.1) is 5.69 Å². The van der Waals surface area contributed by atoms with Gasteiger partial charge in [-0.25, -0.2) is 0 Å². The summed E-state index contributed by atoms with van der Waals surface area (Å²) in [7, 11) is 0. The van der Waals surface area contributed by atoms with Gasteiger partial charge in [0, 0.05) is 23.9 Å². The van der Waals surface area contributed by atoms with Crippen LogP contribution in [0.25, 0.3) is 5.69 Å². The number of rotatable bonds is 3. The first kappa shape index (κ1) is 14.6. The average molecular weight is 296 g/mol. The molecular weight excluding hydrogens is 276 g/mol. The van der Waals surface area contributed by atoms with E-state index in [2.05, 4.69) is 5.32 Å². The number of carbonyl (C=O) groups is 1. The Hall–Kier alpha value is -2.36. The van der Waals surface area contributed by atoms with Crippen LogP contribution in [0.4, 0.5) is 5.69 Å². The molecule has 0 saturated heterocycles. The van der Waals surface area contributed by atoms with Gasteiger partial charge in [-0.3, -0.25) is 14.2 Å². The first-order valence-electron chi connectivity index (χ1n) is 7.83. The molecule has 1 N–H and O–H groups in total. The molecule has 1 fully saturated rings. The summed E-state index contributed by atoms with van der Waals surface area (Å²) in [6, 6.07) is 12.6. The Kier molecular flexibility index (Phi) is 4.37. The van der Waals surface area contributed by atoms with E-state index in [4.69, 9.17) is 0 Å². The third-order valence-electron chi connectivity index (χ3n) is 4.19. The zero-order chi connectivity index (χ0) is 15.4. The van der Waals surface area contributed by atoms with Crippen molar-refractivity contribution < 1.29 is 4.79 Å². The van der Waals surface area contributed by atoms with Gasteiger partial charge < -0.3 is 5.32 Å². The SMILES string of the molecule is O=C(Nc1ccc(=O)n(-c2ccccc2)c1)C1CCCCC1. The summed E-state index contributed by atoms with van der Waals surface area (Å²) in [5.74, 6) is 0.170. The Morgan fingerprint density at radius 2 is 1.73 bits per heavy atom. The monoisotopic (exact) mass is 296 g/mol. The Morgan fingerprint density at radius 1 is 1.00 bits per heavy atom. The van der Waals surface area contributed by atoms with Crippen LogP contribution in [0.15, 0.2) is 53.5 Å². The van der Waals surface area contributed by atoms with Crippen molar-refractivity contribution in [3.8, 4) is 5.69 Å². The lowest BCUT2D eigenvalue weighted by molar-refractivity contribution is -0.120. The van der Waals surface area contributed by atoms with Crippen molar-refractivity contribution in [2.75, 3.05) is 5.32 Å². The fourth-order valence-corrected chi connectivity index (χ4v) is 2.96. The summed E-state index contributed by atoms with van der Waals surface area (Å²) in [6.45, 7) is 0. The molecule has 0 aliphatic heterocycles. The van der Waals surface area contributed by atoms with Crippen molar-refractivity contribution in [3.63, 3.8) is 0 Å². The van der Waals surface area contributed by atoms with Crippen molar-refractivity contribution in [2.24, 2.45) is 5.92 Å². The van der Waals surface area contributed by atoms with Gasteiger partial charge in [0.1, 0.15) is 0 Å². The lowest BCUT2D eigenvalue weighted by atomic mass is 9.88. The highest BCUT2D eigenvalue weighted by atomic mass is 16.2. The van der Waals surface area contributed by atoms with Crippen LogP contribution in [0.3, 0.4) is 0 Å². The molecule has 3 rings (SSSR count). The van der Waals surface area contributed by atoms with Crippen molar-refractivity contribution in [3.05, 3.63) is 59.0 Å². The Labute approximate surface area is 129 Å². The number of anilines is 1. The van der Waals surface area contributed by atoms with Gasteiger partial charge in [-0.15, -0.1) is 0 Å². The minimum absolute atomic E-state index is 0.0676. The summed E-state index contributed by atoms with van der Waals surface area (Å²) in [5.41, 5.74) is 1.35. The summed E-state index contributed by atoms with van der Waals surface area (Å²) in [5, 5.41) is 2.95. The van der Waals surface area contributed by atoms with Gasteiger partial charge >= 0.3 is 0 Å². The molecule has 1 aromatic carbocycles. The lowest BCUT2D eigenvalue weighted by Gasteiger charge is -2.21. The zero-order valence-corrected chi connectivity index (χ0v) is 12.5. The maximum absolute atomic E-state index is 12.3. The molecule has 1 saturated carbocycles. The van der Waals surface area contributed by atoms with E-state index in [9.17, 15) is 9.59 Å². The van der Waals surface area contributed by atoms with Gasteiger partial charge in [0.15, 0.2) is 0 Å². The maximum atomic E-state index is 12.3. The minimum Gasteiger partial charge on any atom is -0.325 e. The number of nitrogens with zero attached hydrogens (tertiary/aromatic N) is 1. The number of amides is 1. The third kappa shape index (κ3) is 3.27. The largest absolute Gasteiger partial charge is 0.325 e. The van der Waals surface area contributed by atoms with E-state index in [0.717, 1.165) is 31.4 Å².